The average molecular weight is 403 g/mol. The third kappa shape index (κ3) is 6.78. The second-order valence-electron chi connectivity index (χ2n) is 6.34. The molecule has 2 rings (SSSR count). The molecule has 0 spiro atoms. The van der Waals surface area contributed by atoms with Crippen molar-refractivity contribution in [2.45, 2.75) is 39.7 Å². The number of nitrogens with one attached hydrogen (secondary N) is 1. The van der Waals surface area contributed by atoms with E-state index in [-0.39, 0.29) is 5.56 Å². The molecule has 29 heavy (non-hydrogen) atoms. The number of halogens is 1. The third-order valence-corrected chi connectivity index (χ3v) is 4.00. The van der Waals surface area contributed by atoms with Crippen LogP contribution < -0.4 is 14.8 Å². The van der Waals surface area contributed by atoms with Crippen molar-refractivity contribution in [1.82, 2.24) is 0 Å². The van der Waals surface area contributed by atoms with Crippen molar-refractivity contribution >= 4 is 17.6 Å². The van der Waals surface area contributed by atoms with Crippen molar-refractivity contribution < 1.29 is 28.2 Å². The predicted octanol–water partition coefficient (Wildman–Crippen LogP) is 4.59. The second-order valence-corrected chi connectivity index (χ2v) is 6.34. The topological polar surface area (TPSA) is 73.9 Å². The van der Waals surface area contributed by atoms with E-state index in [2.05, 4.69) is 12.2 Å². The first-order valence-corrected chi connectivity index (χ1v) is 9.61. The molecule has 2 aromatic rings. The standard InChI is InChI=1S/C22H26FNO5/c1-4-6-13-28-19-12-7-16(14-20(19)27-5-2)22(26)29-15(3)21(25)24-18-10-8-17(23)9-11-18/h7-12,14-15H,4-6,13H2,1-3H3,(H,24,25). The molecule has 1 N–H and O–H groups in total. The average Bonchev–Trinajstić information content (AvgIpc) is 2.71. The summed E-state index contributed by atoms with van der Waals surface area (Å²) in [6.07, 6.45) is 0.881. The lowest BCUT2D eigenvalue weighted by molar-refractivity contribution is -0.123. The highest BCUT2D eigenvalue weighted by atomic mass is 19.1. The lowest BCUT2D eigenvalue weighted by Gasteiger charge is -2.15. The van der Waals surface area contributed by atoms with Gasteiger partial charge in [0.1, 0.15) is 5.82 Å². The second kappa shape index (κ2) is 11.0. The van der Waals surface area contributed by atoms with E-state index in [0.29, 0.717) is 30.4 Å². The molecule has 0 aliphatic rings. The number of esters is 1. The molecule has 0 saturated carbocycles. The number of amides is 1. The molecule has 0 radical (unpaired) electrons. The van der Waals surface area contributed by atoms with E-state index < -0.39 is 23.8 Å². The van der Waals surface area contributed by atoms with Gasteiger partial charge in [-0.1, -0.05) is 13.3 Å². The minimum atomic E-state index is -1.04. The highest BCUT2D eigenvalue weighted by Gasteiger charge is 2.20. The number of rotatable bonds is 10. The monoisotopic (exact) mass is 403 g/mol. The van der Waals surface area contributed by atoms with Crippen LogP contribution in [0.15, 0.2) is 42.5 Å². The number of carbonyl (C=O) groups excluding carboxylic acids is 2. The molecule has 0 aliphatic heterocycles. The molecular weight excluding hydrogens is 377 g/mol. The van der Waals surface area contributed by atoms with Gasteiger partial charge in [0, 0.05) is 5.69 Å². The Labute approximate surface area is 170 Å². The number of unbranched alkanes of at least 4 members (excludes halogenated alkanes) is 1. The summed E-state index contributed by atoms with van der Waals surface area (Å²) >= 11 is 0. The van der Waals surface area contributed by atoms with Crippen LogP contribution in [0.4, 0.5) is 10.1 Å². The van der Waals surface area contributed by atoms with Gasteiger partial charge < -0.3 is 19.5 Å². The molecule has 2 aromatic carbocycles. The van der Waals surface area contributed by atoms with Gasteiger partial charge in [-0.25, -0.2) is 9.18 Å². The molecule has 0 saturated heterocycles. The van der Waals surface area contributed by atoms with Crippen molar-refractivity contribution in [2.75, 3.05) is 18.5 Å². The lowest BCUT2D eigenvalue weighted by Crippen LogP contribution is -2.30. The van der Waals surface area contributed by atoms with Gasteiger partial charge in [-0.2, -0.15) is 0 Å². The minimum Gasteiger partial charge on any atom is -0.490 e. The molecule has 0 fully saturated rings. The zero-order valence-electron chi connectivity index (χ0n) is 16.9. The Hall–Kier alpha value is -3.09. The molecule has 0 heterocycles. The smallest absolute Gasteiger partial charge is 0.339 e. The van der Waals surface area contributed by atoms with Gasteiger partial charge in [-0.15, -0.1) is 0 Å². The number of carbonyl (C=O) groups is 2. The summed E-state index contributed by atoms with van der Waals surface area (Å²) in [6.45, 7) is 6.34. The van der Waals surface area contributed by atoms with Gasteiger partial charge in [-0.3, -0.25) is 4.79 Å². The van der Waals surface area contributed by atoms with Crippen LogP contribution in [0.3, 0.4) is 0 Å². The Morgan fingerprint density at radius 1 is 1.03 bits per heavy atom. The molecule has 0 aromatic heterocycles. The Kier molecular flexibility index (Phi) is 8.45. The normalized spacial score (nSPS) is 11.4. The maximum absolute atomic E-state index is 12.9. The van der Waals surface area contributed by atoms with Crippen LogP contribution in [0.2, 0.25) is 0 Å². The van der Waals surface area contributed by atoms with Crippen molar-refractivity contribution in [2.24, 2.45) is 0 Å². The predicted molar refractivity (Wildman–Crippen MR) is 108 cm³/mol. The minimum absolute atomic E-state index is 0.248. The van der Waals surface area contributed by atoms with Crippen LogP contribution in [0.25, 0.3) is 0 Å². The Morgan fingerprint density at radius 2 is 1.76 bits per heavy atom. The summed E-state index contributed by atoms with van der Waals surface area (Å²) in [5.41, 5.74) is 0.657. The quantitative estimate of drug-likeness (QED) is 0.464. The largest absolute Gasteiger partial charge is 0.490 e. The molecule has 7 heteroatoms. The number of hydrogen-bond acceptors (Lipinski definition) is 5. The summed E-state index contributed by atoms with van der Waals surface area (Å²) in [4.78, 5) is 24.6. The summed E-state index contributed by atoms with van der Waals surface area (Å²) in [5, 5.41) is 2.57. The Balaban J connectivity index is 2.01. The van der Waals surface area contributed by atoms with E-state index in [1.54, 1.807) is 12.1 Å². The maximum atomic E-state index is 12.9. The molecule has 0 aliphatic carbocycles. The molecule has 1 atom stereocenters. The first-order chi connectivity index (χ1) is 13.9. The van der Waals surface area contributed by atoms with Gasteiger partial charge in [0.15, 0.2) is 17.6 Å². The van der Waals surface area contributed by atoms with Crippen LogP contribution in [0.5, 0.6) is 11.5 Å². The van der Waals surface area contributed by atoms with Crippen LogP contribution >= 0.6 is 0 Å². The summed E-state index contributed by atoms with van der Waals surface area (Å²) in [7, 11) is 0. The van der Waals surface area contributed by atoms with Crippen LogP contribution in [-0.2, 0) is 9.53 Å². The fraction of sp³-hybridized carbons (Fsp3) is 0.364. The number of ether oxygens (including phenoxy) is 3. The molecule has 0 bridgehead atoms. The van der Waals surface area contributed by atoms with E-state index in [1.165, 1.54) is 37.3 Å². The molecule has 1 unspecified atom stereocenters. The SMILES string of the molecule is CCCCOc1ccc(C(=O)OC(C)C(=O)Nc2ccc(F)cc2)cc1OCC. The van der Waals surface area contributed by atoms with Gasteiger partial charge in [0.05, 0.1) is 18.8 Å². The molecule has 6 nitrogen and oxygen atoms in total. The van der Waals surface area contributed by atoms with E-state index in [4.69, 9.17) is 14.2 Å². The first-order valence-electron chi connectivity index (χ1n) is 9.61. The van der Waals surface area contributed by atoms with E-state index in [0.717, 1.165) is 12.8 Å². The van der Waals surface area contributed by atoms with Crippen molar-refractivity contribution in [3.63, 3.8) is 0 Å². The van der Waals surface area contributed by atoms with Crippen LogP contribution in [0.1, 0.15) is 44.0 Å². The summed E-state index contributed by atoms with van der Waals surface area (Å²) in [5.74, 6) is -0.586. The molecular formula is C22H26FNO5. The fourth-order valence-corrected chi connectivity index (χ4v) is 2.41. The number of anilines is 1. The van der Waals surface area contributed by atoms with Gasteiger partial charge in [0.25, 0.3) is 5.91 Å². The number of benzene rings is 2. The summed E-state index contributed by atoms with van der Waals surface area (Å²) in [6, 6.07) is 10.1. The van der Waals surface area contributed by atoms with Crippen molar-refractivity contribution in [3.8, 4) is 11.5 Å². The first kappa shape index (κ1) is 22.2. The molecule has 1 amide bonds. The van der Waals surface area contributed by atoms with E-state index >= 15 is 0 Å². The van der Waals surface area contributed by atoms with Crippen LogP contribution in [-0.4, -0.2) is 31.2 Å². The number of hydrogen-bond donors (Lipinski definition) is 1. The van der Waals surface area contributed by atoms with Crippen molar-refractivity contribution in [1.29, 1.82) is 0 Å². The highest BCUT2D eigenvalue weighted by molar-refractivity contribution is 5.97. The highest BCUT2D eigenvalue weighted by Crippen LogP contribution is 2.29. The lowest BCUT2D eigenvalue weighted by atomic mass is 10.2. The molecule has 156 valence electrons. The maximum Gasteiger partial charge on any atom is 0.339 e. The third-order valence-electron chi connectivity index (χ3n) is 4.00. The van der Waals surface area contributed by atoms with E-state index in [1.807, 2.05) is 6.92 Å². The van der Waals surface area contributed by atoms with Gasteiger partial charge in [-0.05, 0) is 62.7 Å². The summed E-state index contributed by atoms with van der Waals surface area (Å²) < 4.78 is 29.4. The fourth-order valence-electron chi connectivity index (χ4n) is 2.41. The zero-order valence-corrected chi connectivity index (χ0v) is 16.9. The van der Waals surface area contributed by atoms with Gasteiger partial charge in [0.2, 0.25) is 0 Å². The Morgan fingerprint density at radius 3 is 2.41 bits per heavy atom. The Bertz CT molecular complexity index is 822. The van der Waals surface area contributed by atoms with Crippen molar-refractivity contribution in [3.05, 3.63) is 53.8 Å². The van der Waals surface area contributed by atoms with E-state index in [9.17, 15) is 14.0 Å². The van der Waals surface area contributed by atoms with Gasteiger partial charge >= 0.3 is 5.97 Å². The van der Waals surface area contributed by atoms with Crippen LogP contribution in [0, 0.1) is 5.82 Å². The zero-order chi connectivity index (χ0) is 21.2.